The highest BCUT2D eigenvalue weighted by Crippen LogP contribution is 2.65. The van der Waals surface area contributed by atoms with Crippen LogP contribution in [-0.2, 0) is 10.8 Å². The first-order valence-electron chi connectivity index (χ1n) is 25.2. The summed E-state index contributed by atoms with van der Waals surface area (Å²) in [5.74, 6) is 0. The zero-order valence-corrected chi connectivity index (χ0v) is 41.2. The molecule has 0 saturated heterocycles. The van der Waals surface area contributed by atoms with Gasteiger partial charge >= 0.3 is 0 Å². The van der Waals surface area contributed by atoms with Gasteiger partial charge in [0.25, 0.3) is 0 Å². The van der Waals surface area contributed by atoms with E-state index in [4.69, 9.17) is 0 Å². The Hall–Kier alpha value is -8.34. The Labute approximate surface area is 433 Å². The molecule has 0 fully saturated rings. The highest BCUT2D eigenvalue weighted by Gasteiger charge is 2.52. The Kier molecular flexibility index (Phi) is 8.81. The van der Waals surface area contributed by atoms with Crippen molar-refractivity contribution < 1.29 is 0 Å². The smallest absolute Gasteiger partial charge is 0.0736 e. The summed E-state index contributed by atoms with van der Waals surface area (Å²) in [6.45, 7) is 0. The molecule has 0 N–H and O–H groups in total. The van der Waals surface area contributed by atoms with E-state index in [1.807, 2.05) is 23.5 Å². The average molecular weight is 962 g/mol. The van der Waals surface area contributed by atoms with Gasteiger partial charge in [0.15, 0.2) is 0 Å². The summed E-state index contributed by atoms with van der Waals surface area (Å²) in [5.41, 5.74) is 20.6. The molecule has 0 saturated carbocycles. The molecule has 2 aliphatic carbocycles. The Morgan fingerprint density at radius 1 is 0.247 bits per heavy atom. The van der Waals surface area contributed by atoms with Crippen LogP contribution in [-0.4, -0.2) is 0 Å². The number of anilines is 3. The summed E-state index contributed by atoms with van der Waals surface area (Å²) in [6.07, 6.45) is 0. The summed E-state index contributed by atoms with van der Waals surface area (Å²) < 4.78 is 0. The predicted octanol–water partition coefficient (Wildman–Crippen LogP) is 18.8. The maximum absolute atomic E-state index is 2.52. The number of fused-ring (bicyclic) bond motifs is 21. The lowest BCUT2D eigenvalue weighted by atomic mass is 9.67. The molecule has 2 heterocycles. The lowest BCUT2D eigenvalue weighted by Crippen LogP contribution is -2.32. The molecule has 0 aromatic heterocycles. The molecule has 73 heavy (non-hydrogen) atoms. The normalized spacial score (nSPS) is 14.4. The fourth-order valence-electron chi connectivity index (χ4n) is 13.4. The van der Waals surface area contributed by atoms with Gasteiger partial charge in [-0.15, -0.1) is 0 Å². The lowest BCUT2D eigenvalue weighted by Gasteiger charge is -2.40. The van der Waals surface area contributed by atoms with Crippen molar-refractivity contribution in [3.8, 4) is 33.4 Å². The third-order valence-corrected chi connectivity index (χ3v) is 18.7. The molecule has 12 aromatic rings. The highest BCUT2D eigenvalue weighted by atomic mass is 32.2. The summed E-state index contributed by atoms with van der Waals surface area (Å²) in [5, 5.41) is 5.08. The van der Waals surface area contributed by atoms with Gasteiger partial charge in [0, 0.05) is 36.6 Å². The van der Waals surface area contributed by atoms with Crippen LogP contribution in [0.4, 0.5) is 17.1 Å². The number of nitrogens with zero attached hydrogens (tertiary/aromatic N) is 1. The van der Waals surface area contributed by atoms with Crippen LogP contribution < -0.4 is 4.90 Å². The molecule has 16 rings (SSSR count). The number of benzene rings is 12. The molecule has 4 aliphatic rings. The topological polar surface area (TPSA) is 3.24 Å². The van der Waals surface area contributed by atoms with Gasteiger partial charge in [0.2, 0.25) is 0 Å². The van der Waals surface area contributed by atoms with Gasteiger partial charge in [-0.25, -0.2) is 0 Å². The van der Waals surface area contributed by atoms with Gasteiger partial charge in [0.05, 0.1) is 10.8 Å². The van der Waals surface area contributed by atoms with Gasteiger partial charge in [-0.05, 0) is 166 Å². The molecule has 2 aliphatic heterocycles. The molecule has 12 aromatic carbocycles. The molecule has 0 atom stereocenters. The second kappa shape index (κ2) is 15.6. The Morgan fingerprint density at radius 3 is 1.30 bits per heavy atom. The molecule has 3 heteroatoms. The van der Waals surface area contributed by atoms with Crippen molar-refractivity contribution >= 4 is 62.1 Å². The van der Waals surface area contributed by atoms with Gasteiger partial charge in [-0.1, -0.05) is 218 Å². The molecule has 0 bridgehead atoms. The van der Waals surface area contributed by atoms with Crippen molar-refractivity contribution in [2.45, 2.75) is 30.4 Å². The van der Waals surface area contributed by atoms with Crippen LogP contribution in [0.5, 0.6) is 0 Å². The van der Waals surface area contributed by atoms with Crippen molar-refractivity contribution in [1.82, 2.24) is 0 Å². The van der Waals surface area contributed by atoms with E-state index in [1.165, 1.54) is 119 Å². The summed E-state index contributed by atoms with van der Waals surface area (Å²) in [4.78, 5) is 7.74. The molecule has 0 radical (unpaired) electrons. The summed E-state index contributed by atoms with van der Waals surface area (Å²) in [6, 6.07) is 98.6. The first-order valence-corrected chi connectivity index (χ1v) is 26.9. The minimum absolute atomic E-state index is 0.451. The summed E-state index contributed by atoms with van der Waals surface area (Å²) in [7, 11) is 0. The zero-order chi connectivity index (χ0) is 47.8. The van der Waals surface area contributed by atoms with Crippen molar-refractivity contribution in [3.05, 3.63) is 305 Å². The second-order valence-corrected chi connectivity index (χ2v) is 22.0. The predicted molar refractivity (Wildman–Crippen MR) is 304 cm³/mol. The van der Waals surface area contributed by atoms with Crippen LogP contribution in [0, 0.1) is 0 Å². The van der Waals surface area contributed by atoms with E-state index in [2.05, 4.69) is 266 Å². The molecule has 1 nitrogen and oxygen atoms in total. The van der Waals surface area contributed by atoms with Crippen molar-refractivity contribution in [3.63, 3.8) is 0 Å². The van der Waals surface area contributed by atoms with Crippen molar-refractivity contribution in [2.75, 3.05) is 4.90 Å². The molecular formula is C70H43NS2. The SMILES string of the molecule is c1ccc2c(c1)Sc1ccccc1C21c2ccccc2-c2cc(N(c3ccc(-c4ccc5c(ccc6ccccc65)c4)cc3)c3ccc4c(c3)C3(c5ccccc5Sc5ccccc53)c3ccccc3-4)ccc21. The minimum Gasteiger partial charge on any atom is -0.310 e. The first-order chi connectivity index (χ1) is 36.2. The van der Waals surface area contributed by atoms with E-state index >= 15 is 0 Å². The second-order valence-electron chi connectivity index (χ2n) is 19.8. The van der Waals surface area contributed by atoms with Crippen LogP contribution in [0.25, 0.3) is 54.9 Å². The molecule has 2 spiro atoms. The molecule has 0 unspecified atom stereocenters. The van der Waals surface area contributed by atoms with E-state index in [0.717, 1.165) is 17.1 Å². The third kappa shape index (κ3) is 5.67. The number of rotatable bonds is 4. The Bertz CT molecular complexity index is 4210. The van der Waals surface area contributed by atoms with Crippen LogP contribution in [0.1, 0.15) is 44.5 Å². The van der Waals surface area contributed by atoms with E-state index in [0.29, 0.717) is 0 Å². The lowest BCUT2D eigenvalue weighted by molar-refractivity contribution is 0.722. The largest absolute Gasteiger partial charge is 0.310 e. The fraction of sp³-hybridized carbons (Fsp3) is 0.0286. The van der Waals surface area contributed by atoms with Crippen molar-refractivity contribution in [2.24, 2.45) is 0 Å². The Balaban J connectivity index is 0.922. The van der Waals surface area contributed by atoms with Crippen molar-refractivity contribution in [1.29, 1.82) is 0 Å². The van der Waals surface area contributed by atoms with E-state index in [-0.39, 0.29) is 0 Å². The highest BCUT2D eigenvalue weighted by molar-refractivity contribution is 7.99. The first kappa shape index (κ1) is 41.3. The maximum atomic E-state index is 2.52. The van der Waals surface area contributed by atoms with Gasteiger partial charge in [-0.2, -0.15) is 0 Å². The van der Waals surface area contributed by atoms with Crippen LogP contribution in [0.2, 0.25) is 0 Å². The van der Waals surface area contributed by atoms with Gasteiger partial charge < -0.3 is 4.90 Å². The quantitative estimate of drug-likeness (QED) is 0.162. The minimum atomic E-state index is -0.500. The maximum Gasteiger partial charge on any atom is 0.0736 e. The third-order valence-electron chi connectivity index (χ3n) is 16.4. The summed E-state index contributed by atoms with van der Waals surface area (Å²) >= 11 is 3.78. The molecular weight excluding hydrogens is 919 g/mol. The number of hydrogen-bond donors (Lipinski definition) is 0. The van der Waals surface area contributed by atoms with Crippen LogP contribution >= 0.6 is 23.5 Å². The van der Waals surface area contributed by atoms with E-state index < -0.39 is 10.8 Å². The molecule has 0 amide bonds. The number of hydrogen-bond acceptors (Lipinski definition) is 3. The van der Waals surface area contributed by atoms with E-state index in [9.17, 15) is 0 Å². The Morgan fingerprint density at radius 2 is 0.671 bits per heavy atom. The fourth-order valence-corrected chi connectivity index (χ4v) is 15.8. The van der Waals surface area contributed by atoms with Gasteiger partial charge in [0.1, 0.15) is 0 Å². The zero-order valence-electron chi connectivity index (χ0n) is 39.6. The monoisotopic (exact) mass is 961 g/mol. The van der Waals surface area contributed by atoms with E-state index in [1.54, 1.807) is 0 Å². The van der Waals surface area contributed by atoms with Crippen LogP contribution in [0.3, 0.4) is 0 Å². The van der Waals surface area contributed by atoms with Gasteiger partial charge in [-0.3, -0.25) is 0 Å². The standard InChI is InChI=1S/C70H43NS2/c1-2-16-51-45(15-1)29-30-47-41-46(33-38-52(47)51)44-31-34-48(35-32-44)71(49-37-40-59-56(42-49)54-18-4-6-20-58(54)69(59)60-21-7-11-25-65(60)72-66-26-12-8-22-61(66)69)50-36-39-55-53-17-3-5-19-57(53)70(64(55)43-50)62-23-9-13-27-67(62)73-68-28-14-10-24-63(68)70/h1-43H. The van der Waals surface area contributed by atoms with Crippen LogP contribution in [0.15, 0.2) is 280 Å². The molecule has 340 valence electrons. The average Bonchev–Trinajstić information content (AvgIpc) is 3.98.